The number of ether oxygens (including phenoxy) is 3. The van der Waals surface area contributed by atoms with E-state index in [9.17, 15) is 5.11 Å². The van der Waals surface area contributed by atoms with E-state index in [0.29, 0.717) is 5.75 Å². The summed E-state index contributed by atoms with van der Waals surface area (Å²) in [4.78, 5) is 0. The van der Waals surface area contributed by atoms with Crippen molar-refractivity contribution in [1.82, 2.24) is 0 Å². The fourth-order valence-corrected chi connectivity index (χ4v) is 7.71. The second-order valence-corrected chi connectivity index (χ2v) is 12.7. The monoisotopic (exact) mass is 678 g/mol. The number of hydrogen-bond donors (Lipinski definition) is 1. The SMILES string of the molecule is COc1ccc(C2(c3ccc(OC)cc3)C=Cc3c(c(Br)cc4c3C(O)(c3ccccc3-c3ccccc3)c3ccccc3-4)O2)cc1. The number of fused-ring (bicyclic) bond motifs is 5. The van der Waals surface area contributed by atoms with Crippen molar-refractivity contribution in [1.29, 1.82) is 0 Å². The zero-order chi connectivity index (χ0) is 32.2. The normalized spacial score (nSPS) is 16.9. The van der Waals surface area contributed by atoms with Crippen molar-refractivity contribution in [2.45, 2.75) is 11.2 Å². The molecule has 0 bridgehead atoms. The second kappa shape index (κ2) is 11.3. The van der Waals surface area contributed by atoms with Gasteiger partial charge in [-0.3, -0.25) is 0 Å². The van der Waals surface area contributed by atoms with Crippen molar-refractivity contribution in [3.63, 3.8) is 0 Å². The molecule has 6 aromatic rings. The number of hydrogen-bond acceptors (Lipinski definition) is 4. The summed E-state index contributed by atoms with van der Waals surface area (Å²) in [6, 6.07) is 44.5. The Morgan fingerprint density at radius 3 is 1.74 bits per heavy atom. The largest absolute Gasteiger partial charge is 0.497 e. The van der Waals surface area contributed by atoms with Crippen LogP contribution in [0.15, 0.2) is 144 Å². The van der Waals surface area contributed by atoms with Gasteiger partial charge >= 0.3 is 0 Å². The number of benzene rings is 6. The molecule has 230 valence electrons. The van der Waals surface area contributed by atoms with Crippen LogP contribution in [0.2, 0.25) is 0 Å². The fourth-order valence-electron chi connectivity index (χ4n) is 7.18. The first-order valence-electron chi connectivity index (χ1n) is 15.5. The average molecular weight is 680 g/mol. The third kappa shape index (κ3) is 4.45. The summed E-state index contributed by atoms with van der Waals surface area (Å²) in [5.74, 6) is 2.18. The lowest BCUT2D eigenvalue weighted by atomic mass is 9.77. The lowest BCUT2D eigenvalue weighted by Crippen LogP contribution is -2.35. The number of methoxy groups -OCH3 is 2. The molecule has 0 fully saturated rings. The summed E-state index contributed by atoms with van der Waals surface area (Å²) in [5.41, 5.74) is 6.72. The molecule has 1 N–H and O–H groups in total. The topological polar surface area (TPSA) is 47.9 Å². The van der Waals surface area contributed by atoms with Crippen LogP contribution in [0.5, 0.6) is 17.2 Å². The predicted octanol–water partition coefficient (Wildman–Crippen LogP) is 9.75. The van der Waals surface area contributed by atoms with E-state index in [1.165, 1.54) is 0 Å². The van der Waals surface area contributed by atoms with Crippen LogP contribution in [0, 0.1) is 0 Å². The Morgan fingerprint density at radius 1 is 0.617 bits per heavy atom. The zero-order valence-corrected chi connectivity index (χ0v) is 27.5. The van der Waals surface area contributed by atoms with E-state index >= 15 is 0 Å². The van der Waals surface area contributed by atoms with E-state index in [-0.39, 0.29) is 0 Å². The van der Waals surface area contributed by atoms with Crippen LogP contribution in [-0.2, 0) is 11.2 Å². The number of aliphatic hydroxyl groups is 1. The molecule has 6 aromatic carbocycles. The molecular formula is C42H31BrO4. The van der Waals surface area contributed by atoms with Crippen LogP contribution in [0.3, 0.4) is 0 Å². The first kappa shape index (κ1) is 29.3. The Kier molecular flexibility index (Phi) is 7.05. The lowest BCUT2D eigenvalue weighted by Gasteiger charge is -2.38. The van der Waals surface area contributed by atoms with Gasteiger partial charge in [-0.05, 0) is 74.6 Å². The molecule has 5 heteroatoms. The minimum Gasteiger partial charge on any atom is -0.497 e. The molecule has 1 aliphatic heterocycles. The van der Waals surface area contributed by atoms with Gasteiger partial charge in [0.15, 0.2) is 5.60 Å². The van der Waals surface area contributed by atoms with Gasteiger partial charge in [0.05, 0.1) is 18.7 Å². The van der Waals surface area contributed by atoms with Gasteiger partial charge in [-0.15, -0.1) is 0 Å². The van der Waals surface area contributed by atoms with E-state index in [4.69, 9.17) is 14.2 Å². The van der Waals surface area contributed by atoms with Gasteiger partial charge in [0.25, 0.3) is 0 Å². The molecule has 4 nitrogen and oxygen atoms in total. The maximum atomic E-state index is 13.3. The molecule has 2 aliphatic rings. The molecule has 1 atom stereocenters. The average Bonchev–Trinajstić information content (AvgIpc) is 3.40. The van der Waals surface area contributed by atoms with Crippen LogP contribution in [0.4, 0.5) is 0 Å². The molecule has 0 saturated heterocycles. The highest BCUT2D eigenvalue weighted by atomic mass is 79.9. The van der Waals surface area contributed by atoms with E-state index in [1.807, 2.05) is 103 Å². The Bertz CT molecular complexity index is 2110. The quantitative estimate of drug-likeness (QED) is 0.191. The second-order valence-electron chi connectivity index (χ2n) is 11.8. The number of halogens is 1. The predicted molar refractivity (Wildman–Crippen MR) is 190 cm³/mol. The maximum absolute atomic E-state index is 13.3. The van der Waals surface area contributed by atoms with Crippen molar-refractivity contribution < 1.29 is 19.3 Å². The van der Waals surface area contributed by atoms with Crippen LogP contribution < -0.4 is 14.2 Å². The van der Waals surface area contributed by atoms with Crippen molar-refractivity contribution >= 4 is 22.0 Å². The highest BCUT2D eigenvalue weighted by molar-refractivity contribution is 9.10. The summed E-state index contributed by atoms with van der Waals surface area (Å²) < 4.78 is 19.0. The van der Waals surface area contributed by atoms with Crippen molar-refractivity contribution in [2.75, 3.05) is 14.2 Å². The molecule has 0 saturated carbocycles. The van der Waals surface area contributed by atoms with Gasteiger partial charge in [0, 0.05) is 33.4 Å². The van der Waals surface area contributed by atoms with E-state index in [0.717, 1.165) is 71.6 Å². The maximum Gasteiger partial charge on any atom is 0.178 e. The lowest BCUT2D eigenvalue weighted by molar-refractivity contribution is 0.127. The van der Waals surface area contributed by atoms with Gasteiger partial charge in [-0.2, -0.15) is 0 Å². The molecule has 8 rings (SSSR count). The highest BCUT2D eigenvalue weighted by Gasteiger charge is 2.49. The molecule has 1 heterocycles. The van der Waals surface area contributed by atoms with E-state index in [1.54, 1.807) is 14.2 Å². The number of rotatable bonds is 6. The molecule has 1 unspecified atom stereocenters. The standard InChI is InChI=1S/C42H31BrO4/c1-45-30-20-16-28(17-21-30)41(29-18-22-31(46-2)23-19-29)25-24-34-39-35(26-38(43)40(34)47-41)33-13-7-9-15-37(33)42(39,44)36-14-8-6-12-32(36)27-10-4-3-5-11-27/h3-26,44H,1-2H3. The van der Waals surface area contributed by atoms with Gasteiger partial charge in [0.1, 0.15) is 22.8 Å². The summed E-state index contributed by atoms with van der Waals surface area (Å²) in [6.07, 6.45) is 4.21. The summed E-state index contributed by atoms with van der Waals surface area (Å²) >= 11 is 3.89. The zero-order valence-electron chi connectivity index (χ0n) is 25.9. The van der Waals surface area contributed by atoms with Crippen LogP contribution in [-0.4, -0.2) is 19.3 Å². The van der Waals surface area contributed by atoms with Crippen LogP contribution in [0.25, 0.3) is 28.3 Å². The smallest absolute Gasteiger partial charge is 0.178 e. The van der Waals surface area contributed by atoms with E-state index in [2.05, 4.69) is 58.4 Å². The minimum absolute atomic E-state index is 0.654. The summed E-state index contributed by atoms with van der Waals surface area (Å²) in [7, 11) is 3.32. The Hall–Kier alpha value is -5.10. The Balaban J connectivity index is 1.38. The molecule has 47 heavy (non-hydrogen) atoms. The Labute approximate surface area is 282 Å². The van der Waals surface area contributed by atoms with Gasteiger partial charge in [0.2, 0.25) is 0 Å². The minimum atomic E-state index is -1.45. The molecule has 0 radical (unpaired) electrons. The van der Waals surface area contributed by atoms with Gasteiger partial charge in [-0.25, -0.2) is 0 Å². The third-order valence-corrected chi connectivity index (χ3v) is 10.0. The summed E-state index contributed by atoms with van der Waals surface area (Å²) in [5, 5.41) is 13.3. The molecule has 0 aromatic heterocycles. The first-order chi connectivity index (χ1) is 23.0. The Morgan fingerprint density at radius 2 is 1.15 bits per heavy atom. The third-order valence-electron chi connectivity index (χ3n) is 9.43. The van der Waals surface area contributed by atoms with Crippen LogP contribution >= 0.6 is 15.9 Å². The van der Waals surface area contributed by atoms with Gasteiger partial charge < -0.3 is 19.3 Å². The molecule has 0 spiro atoms. The van der Waals surface area contributed by atoms with E-state index < -0.39 is 11.2 Å². The first-order valence-corrected chi connectivity index (χ1v) is 16.3. The highest BCUT2D eigenvalue weighted by Crippen LogP contribution is 2.59. The summed E-state index contributed by atoms with van der Waals surface area (Å²) in [6.45, 7) is 0. The fraction of sp³-hybridized carbons (Fsp3) is 0.0952. The van der Waals surface area contributed by atoms with Gasteiger partial charge in [-0.1, -0.05) is 109 Å². The van der Waals surface area contributed by atoms with Crippen molar-refractivity contribution in [3.05, 3.63) is 177 Å². The van der Waals surface area contributed by atoms with Crippen molar-refractivity contribution in [3.8, 4) is 39.5 Å². The molecule has 1 aliphatic carbocycles. The molecular weight excluding hydrogens is 648 g/mol. The van der Waals surface area contributed by atoms with Crippen molar-refractivity contribution in [2.24, 2.45) is 0 Å². The molecule has 0 amide bonds. The van der Waals surface area contributed by atoms with Crippen LogP contribution in [0.1, 0.15) is 33.4 Å².